The van der Waals surface area contributed by atoms with Crippen LogP contribution in [-0.2, 0) is 0 Å². The zero-order valence-electron chi connectivity index (χ0n) is 32.9. The summed E-state index contributed by atoms with van der Waals surface area (Å²) >= 11 is 0. The second kappa shape index (κ2) is 16.3. The molecule has 0 fully saturated rings. The summed E-state index contributed by atoms with van der Waals surface area (Å²) in [6, 6.07) is 86.7. The minimum atomic E-state index is -1.83. The normalized spacial score (nSPS) is 12.7. The molecule has 280 valence electrons. The lowest BCUT2D eigenvalue weighted by molar-refractivity contribution is 1.26. The Balaban J connectivity index is 0.00000215. The number of nitrogens with zero attached hydrogens (tertiary/aromatic N) is 1. The second-order valence-corrected chi connectivity index (χ2v) is 17.1. The van der Waals surface area contributed by atoms with Crippen LogP contribution in [0.15, 0.2) is 256 Å². The fraction of sp³-hybridized carbons (Fsp3) is 0.0357. The number of rotatable bonds is 8. The van der Waals surface area contributed by atoms with Crippen LogP contribution in [0.1, 0.15) is 13.8 Å². The van der Waals surface area contributed by atoms with Gasteiger partial charge in [-0.15, -0.1) is 10.0 Å². The molecule has 0 aromatic heterocycles. The second-order valence-electron chi connectivity index (χ2n) is 14.1. The van der Waals surface area contributed by atoms with E-state index in [2.05, 4.69) is 241 Å². The van der Waals surface area contributed by atoms with Gasteiger partial charge < -0.3 is 4.90 Å². The Morgan fingerprint density at radius 2 is 0.759 bits per heavy atom. The molecule has 9 aromatic rings. The number of hydrogen-bond acceptors (Lipinski definition) is 1. The van der Waals surface area contributed by atoms with Crippen LogP contribution < -0.4 is 4.90 Å². The van der Waals surface area contributed by atoms with Crippen LogP contribution in [0, 0.1) is 0 Å². The average Bonchev–Trinajstić information content (AvgIpc) is 3.63. The van der Waals surface area contributed by atoms with Gasteiger partial charge >= 0.3 is 0 Å². The molecule has 2 heteroatoms. The zero-order valence-corrected chi connectivity index (χ0v) is 33.7. The van der Waals surface area contributed by atoms with Gasteiger partial charge in [0.05, 0.1) is 11.4 Å². The highest BCUT2D eigenvalue weighted by Crippen LogP contribution is 2.80. The molecule has 1 aliphatic rings. The fourth-order valence-corrected chi connectivity index (χ4v) is 12.7. The van der Waals surface area contributed by atoms with E-state index in [1.54, 1.807) is 0 Å². The molecular formula is C56H45NS. The average molecular weight is 764 g/mol. The summed E-state index contributed by atoms with van der Waals surface area (Å²) in [6.07, 6.45) is 0. The molecule has 58 heavy (non-hydrogen) atoms. The van der Waals surface area contributed by atoms with E-state index in [1.165, 1.54) is 64.1 Å². The summed E-state index contributed by atoms with van der Waals surface area (Å²) in [7, 11) is -1.83. The lowest BCUT2D eigenvalue weighted by Gasteiger charge is -2.39. The van der Waals surface area contributed by atoms with Gasteiger partial charge in [-0.1, -0.05) is 184 Å². The van der Waals surface area contributed by atoms with Gasteiger partial charge in [0, 0.05) is 36.4 Å². The molecule has 0 aliphatic carbocycles. The summed E-state index contributed by atoms with van der Waals surface area (Å²) in [4.78, 5) is 7.92. The van der Waals surface area contributed by atoms with Gasteiger partial charge in [0.1, 0.15) is 0 Å². The standard InChI is InChI=1S/C54H39NS.C2H6/c1-6-19-40(20-7-1)42-33-36-45(37-34-42)55(50-38-35-44(41-21-8-2-9-22-41)39-49(50)43-23-10-3-11-24-43)51-30-18-32-53-54(51)48-29-16-17-31-52(48)56(53,46-25-12-4-13-26-46)47-27-14-5-15-28-47;1-2/h1-39H;1-2H3. The van der Waals surface area contributed by atoms with Crippen molar-refractivity contribution in [1.29, 1.82) is 0 Å². The maximum Gasteiger partial charge on any atom is 0.0551 e. The third kappa shape index (κ3) is 6.42. The van der Waals surface area contributed by atoms with E-state index in [-0.39, 0.29) is 0 Å². The molecule has 9 aromatic carbocycles. The summed E-state index contributed by atoms with van der Waals surface area (Å²) in [5, 5.41) is 0. The summed E-state index contributed by atoms with van der Waals surface area (Å²) < 4.78 is 0. The number of benzene rings is 9. The van der Waals surface area contributed by atoms with Crippen molar-refractivity contribution in [3.05, 3.63) is 237 Å². The Labute approximate surface area is 344 Å². The van der Waals surface area contributed by atoms with E-state index in [9.17, 15) is 0 Å². The van der Waals surface area contributed by atoms with Gasteiger partial charge in [-0.25, -0.2) is 0 Å². The van der Waals surface area contributed by atoms with Crippen LogP contribution in [-0.4, -0.2) is 0 Å². The number of hydrogen-bond donors (Lipinski definition) is 0. The SMILES string of the molecule is CC.c1ccc(-c2ccc(N(c3ccc(-c4ccccc4)cc3-c3ccccc3)c3cccc4c3-c3ccccc3S4(c3ccccc3)c3ccccc3)cc2)cc1. The number of anilines is 3. The van der Waals surface area contributed by atoms with Crippen LogP contribution in [0.2, 0.25) is 0 Å². The van der Waals surface area contributed by atoms with Crippen molar-refractivity contribution in [3.8, 4) is 44.5 Å². The first-order chi connectivity index (χ1) is 28.8. The topological polar surface area (TPSA) is 3.24 Å². The summed E-state index contributed by atoms with van der Waals surface area (Å²) in [6.45, 7) is 4.00. The van der Waals surface area contributed by atoms with Crippen molar-refractivity contribution < 1.29 is 0 Å². The van der Waals surface area contributed by atoms with Crippen LogP contribution in [0.5, 0.6) is 0 Å². The Morgan fingerprint density at radius 3 is 1.34 bits per heavy atom. The van der Waals surface area contributed by atoms with Crippen molar-refractivity contribution in [2.24, 2.45) is 0 Å². The first-order valence-corrected chi connectivity index (χ1v) is 21.8. The van der Waals surface area contributed by atoms with Gasteiger partial charge in [0.15, 0.2) is 0 Å². The molecule has 0 bridgehead atoms. The van der Waals surface area contributed by atoms with E-state index in [0.717, 1.165) is 17.1 Å². The van der Waals surface area contributed by atoms with Gasteiger partial charge in [0.25, 0.3) is 0 Å². The molecule has 0 N–H and O–H groups in total. The predicted molar refractivity (Wildman–Crippen MR) is 248 cm³/mol. The molecule has 1 aliphatic heterocycles. The zero-order chi connectivity index (χ0) is 39.3. The maximum absolute atomic E-state index is 2.51. The van der Waals surface area contributed by atoms with E-state index in [1.807, 2.05) is 13.8 Å². The third-order valence-corrected chi connectivity index (χ3v) is 14.9. The Morgan fingerprint density at radius 1 is 0.310 bits per heavy atom. The van der Waals surface area contributed by atoms with Crippen LogP contribution in [0.3, 0.4) is 0 Å². The fourth-order valence-electron chi connectivity index (χ4n) is 8.42. The molecule has 1 heterocycles. The minimum absolute atomic E-state index is 1.10. The first-order valence-electron chi connectivity index (χ1n) is 20.2. The first kappa shape index (κ1) is 36.7. The predicted octanol–water partition coefficient (Wildman–Crippen LogP) is 16.5. The van der Waals surface area contributed by atoms with Gasteiger partial charge in [-0.05, 0) is 100 Å². The van der Waals surface area contributed by atoms with Crippen LogP contribution >= 0.6 is 10.0 Å². The van der Waals surface area contributed by atoms with Gasteiger partial charge in [0.2, 0.25) is 0 Å². The van der Waals surface area contributed by atoms with Gasteiger partial charge in [-0.2, -0.15) is 0 Å². The van der Waals surface area contributed by atoms with E-state index < -0.39 is 10.0 Å². The summed E-state index contributed by atoms with van der Waals surface area (Å²) in [5.41, 5.74) is 13.1. The molecule has 1 nitrogen and oxygen atoms in total. The highest BCUT2D eigenvalue weighted by molar-refractivity contribution is 8.34. The maximum atomic E-state index is 2.51. The van der Waals surface area contributed by atoms with Crippen LogP contribution in [0.4, 0.5) is 17.1 Å². The van der Waals surface area contributed by atoms with E-state index in [0.29, 0.717) is 0 Å². The molecule has 0 saturated heterocycles. The lowest BCUT2D eigenvalue weighted by Crippen LogP contribution is -2.13. The Hall–Kier alpha value is -6.87. The molecule has 0 spiro atoms. The van der Waals surface area contributed by atoms with Crippen LogP contribution in [0.25, 0.3) is 44.5 Å². The highest BCUT2D eigenvalue weighted by Gasteiger charge is 2.43. The van der Waals surface area contributed by atoms with E-state index in [4.69, 9.17) is 0 Å². The third-order valence-electron chi connectivity index (χ3n) is 10.9. The van der Waals surface area contributed by atoms with Crippen molar-refractivity contribution in [2.45, 2.75) is 33.4 Å². The molecular weight excluding hydrogens is 719 g/mol. The molecule has 0 radical (unpaired) electrons. The minimum Gasteiger partial charge on any atom is -0.309 e. The van der Waals surface area contributed by atoms with Crippen molar-refractivity contribution in [2.75, 3.05) is 4.90 Å². The lowest BCUT2D eigenvalue weighted by atomic mass is 9.95. The molecule has 10 rings (SSSR count). The Kier molecular flexibility index (Phi) is 10.3. The van der Waals surface area contributed by atoms with Crippen molar-refractivity contribution in [3.63, 3.8) is 0 Å². The van der Waals surface area contributed by atoms with Gasteiger partial charge in [-0.3, -0.25) is 0 Å². The highest BCUT2D eigenvalue weighted by atomic mass is 32.3. The monoisotopic (exact) mass is 763 g/mol. The smallest absolute Gasteiger partial charge is 0.0551 e. The number of fused-ring (bicyclic) bond motifs is 3. The molecule has 0 atom stereocenters. The molecule has 0 unspecified atom stereocenters. The van der Waals surface area contributed by atoms with Crippen molar-refractivity contribution >= 4 is 27.1 Å². The Bertz CT molecular complexity index is 2730. The summed E-state index contributed by atoms with van der Waals surface area (Å²) in [5.74, 6) is 0. The molecule has 0 saturated carbocycles. The quantitative estimate of drug-likeness (QED) is 0.149. The molecule has 0 amide bonds. The van der Waals surface area contributed by atoms with E-state index >= 15 is 0 Å². The largest absolute Gasteiger partial charge is 0.309 e. The van der Waals surface area contributed by atoms with Crippen molar-refractivity contribution in [1.82, 2.24) is 0 Å².